The summed E-state index contributed by atoms with van der Waals surface area (Å²) in [6.45, 7) is 11.3. The molecule has 0 aliphatic heterocycles. The largest absolute Gasteiger partial charge is 0.264 e. The number of hydrogen-bond acceptors (Lipinski definition) is 4. The second-order valence-electron chi connectivity index (χ2n) is 12.4. The van der Waals surface area contributed by atoms with Crippen LogP contribution in [0.5, 0.6) is 0 Å². The van der Waals surface area contributed by atoms with Gasteiger partial charge in [0.15, 0.2) is 17.5 Å². The van der Waals surface area contributed by atoms with Crippen molar-refractivity contribution in [2.45, 2.75) is 32.6 Å². The van der Waals surface area contributed by atoms with Gasteiger partial charge in [-0.05, 0) is 69.2 Å². The van der Waals surface area contributed by atoms with E-state index in [2.05, 4.69) is 93.0 Å². The highest BCUT2D eigenvalue weighted by Crippen LogP contribution is 2.49. The van der Waals surface area contributed by atoms with Crippen molar-refractivity contribution in [2.24, 2.45) is 0 Å². The minimum atomic E-state index is -0.0649. The van der Waals surface area contributed by atoms with E-state index in [9.17, 15) is 0 Å². The van der Waals surface area contributed by atoms with Crippen molar-refractivity contribution in [1.82, 2.24) is 19.9 Å². The van der Waals surface area contributed by atoms with Gasteiger partial charge >= 0.3 is 0 Å². The van der Waals surface area contributed by atoms with Gasteiger partial charge in [-0.25, -0.2) is 15.0 Å². The van der Waals surface area contributed by atoms with Gasteiger partial charge in [0.1, 0.15) is 0 Å². The first-order chi connectivity index (χ1) is 22.9. The highest BCUT2D eigenvalue weighted by molar-refractivity contribution is 5.92. The summed E-state index contributed by atoms with van der Waals surface area (Å²) in [7, 11) is 0. The lowest BCUT2D eigenvalue weighted by Crippen LogP contribution is -2.14. The Kier molecular flexibility index (Phi) is 8.01. The van der Waals surface area contributed by atoms with Crippen molar-refractivity contribution in [3.05, 3.63) is 174 Å². The van der Waals surface area contributed by atoms with Gasteiger partial charge in [0.2, 0.25) is 0 Å². The second-order valence-corrected chi connectivity index (χ2v) is 12.4. The first-order valence-corrected chi connectivity index (χ1v) is 16.1. The molecule has 0 spiro atoms. The monoisotopic (exact) mass is 608 g/mol. The van der Waals surface area contributed by atoms with Crippen LogP contribution in [0, 0.1) is 0 Å². The van der Waals surface area contributed by atoms with E-state index in [4.69, 9.17) is 15.0 Å². The SMILES string of the molecule is C=C(/C=C(\C=C(/CC)c1cccnc1)c1ccc2c(c1)-c1ccccc1C2(C)C)c1nc(-c2ccccc2)nc(-c2ccccc2)n1. The molecule has 228 valence electrons. The van der Waals surface area contributed by atoms with E-state index in [1.165, 1.54) is 27.8 Å². The molecule has 7 rings (SSSR count). The summed E-state index contributed by atoms with van der Waals surface area (Å²) in [6, 6.07) is 39.7. The lowest BCUT2D eigenvalue weighted by atomic mass is 9.82. The summed E-state index contributed by atoms with van der Waals surface area (Å²) in [5.41, 5.74) is 12.2. The Labute approximate surface area is 277 Å². The molecule has 0 radical (unpaired) electrons. The van der Waals surface area contributed by atoms with Crippen LogP contribution < -0.4 is 0 Å². The Morgan fingerprint density at radius 2 is 1.30 bits per heavy atom. The number of nitrogens with zero attached hydrogens (tertiary/aromatic N) is 4. The fourth-order valence-electron chi connectivity index (χ4n) is 6.44. The van der Waals surface area contributed by atoms with Gasteiger partial charge in [-0.3, -0.25) is 4.98 Å². The molecule has 0 unspecified atom stereocenters. The molecule has 4 heteroatoms. The maximum absolute atomic E-state index is 4.94. The van der Waals surface area contributed by atoms with E-state index in [1.54, 1.807) is 0 Å². The average molecular weight is 609 g/mol. The van der Waals surface area contributed by atoms with Crippen molar-refractivity contribution in [2.75, 3.05) is 0 Å². The van der Waals surface area contributed by atoms with Crippen molar-refractivity contribution in [3.63, 3.8) is 0 Å². The van der Waals surface area contributed by atoms with Crippen LogP contribution in [-0.4, -0.2) is 19.9 Å². The van der Waals surface area contributed by atoms with E-state index in [1.807, 2.05) is 79.1 Å². The molecule has 0 amide bonds. The number of hydrogen-bond donors (Lipinski definition) is 0. The van der Waals surface area contributed by atoms with Crippen LogP contribution in [0.15, 0.2) is 146 Å². The molecule has 0 bridgehead atoms. The molecular formula is C43H36N4. The zero-order chi connectivity index (χ0) is 32.4. The number of benzene rings is 4. The lowest BCUT2D eigenvalue weighted by molar-refractivity contribution is 0.660. The standard InChI is InChI=1S/C43H36N4/c1-5-30(34-19-14-24-44-28-34)26-35(33-22-23-39-37(27-33)36-20-12-13-21-38(36)43(39,3)4)25-29(2)40-45-41(31-15-8-6-9-16-31)47-42(46-40)32-17-10-7-11-18-32/h6-28H,2,5H2,1,3-4H3/b30-26+,35-25+. The number of pyridine rings is 1. The van der Waals surface area contributed by atoms with Crippen LogP contribution in [0.25, 0.3) is 50.6 Å². The maximum atomic E-state index is 4.94. The third-order valence-electron chi connectivity index (χ3n) is 8.98. The Morgan fingerprint density at radius 3 is 1.94 bits per heavy atom. The molecule has 0 saturated carbocycles. The fourth-order valence-corrected chi connectivity index (χ4v) is 6.44. The van der Waals surface area contributed by atoms with Crippen LogP contribution in [0.3, 0.4) is 0 Å². The lowest BCUT2D eigenvalue weighted by Gasteiger charge is -2.21. The van der Waals surface area contributed by atoms with Crippen LogP contribution in [0.1, 0.15) is 55.3 Å². The smallest absolute Gasteiger partial charge is 0.164 e. The average Bonchev–Trinajstić information content (AvgIpc) is 3.36. The Balaban J connectivity index is 1.40. The molecule has 1 aliphatic rings. The summed E-state index contributed by atoms with van der Waals surface area (Å²) in [4.78, 5) is 19.2. The second kappa shape index (κ2) is 12.6. The first kappa shape index (κ1) is 29.9. The van der Waals surface area contributed by atoms with Gasteiger partial charge in [-0.2, -0.15) is 0 Å². The zero-order valence-electron chi connectivity index (χ0n) is 27.0. The highest BCUT2D eigenvalue weighted by Gasteiger charge is 2.35. The fraction of sp³-hybridized carbons (Fsp3) is 0.116. The maximum Gasteiger partial charge on any atom is 0.164 e. The Hall–Kier alpha value is -5.74. The predicted octanol–water partition coefficient (Wildman–Crippen LogP) is 10.5. The van der Waals surface area contributed by atoms with Gasteiger partial charge in [0.05, 0.1) is 0 Å². The Bertz CT molecular complexity index is 2090. The number of rotatable bonds is 8. The molecule has 4 nitrogen and oxygen atoms in total. The van der Waals surface area contributed by atoms with E-state index in [0.717, 1.165) is 34.2 Å². The van der Waals surface area contributed by atoms with Crippen LogP contribution in [-0.2, 0) is 5.41 Å². The molecule has 2 aromatic heterocycles. The van der Waals surface area contributed by atoms with Crippen molar-refractivity contribution >= 4 is 16.7 Å². The van der Waals surface area contributed by atoms with Crippen LogP contribution in [0.4, 0.5) is 0 Å². The molecule has 0 fully saturated rings. The number of aromatic nitrogens is 4. The highest BCUT2D eigenvalue weighted by atomic mass is 15.0. The number of allylic oxidation sites excluding steroid dienone is 5. The summed E-state index contributed by atoms with van der Waals surface area (Å²) >= 11 is 0. The molecule has 2 heterocycles. The first-order valence-electron chi connectivity index (χ1n) is 16.1. The van der Waals surface area contributed by atoms with E-state index >= 15 is 0 Å². The van der Waals surface area contributed by atoms with Crippen molar-refractivity contribution in [3.8, 4) is 33.9 Å². The topological polar surface area (TPSA) is 51.6 Å². The third kappa shape index (κ3) is 5.86. The van der Waals surface area contributed by atoms with Crippen molar-refractivity contribution in [1.29, 1.82) is 0 Å². The summed E-state index contributed by atoms with van der Waals surface area (Å²) < 4.78 is 0. The van der Waals surface area contributed by atoms with E-state index in [0.29, 0.717) is 23.0 Å². The summed E-state index contributed by atoms with van der Waals surface area (Å²) in [5, 5.41) is 0. The zero-order valence-corrected chi connectivity index (χ0v) is 27.0. The van der Waals surface area contributed by atoms with Gasteiger partial charge in [0, 0.05) is 34.5 Å². The molecule has 1 aliphatic carbocycles. The molecule has 0 atom stereocenters. The third-order valence-corrected chi connectivity index (χ3v) is 8.98. The number of fused-ring (bicyclic) bond motifs is 3. The van der Waals surface area contributed by atoms with Crippen LogP contribution in [0.2, 0.25) is 0 Å². The van der Waals surface area contributed by atoms with E-state index < -0.39 is 0 Å². The molecular weight excluding hydrogens is 573 g/mol. The minimum Gasteiger partial charge on any atom is -0.264 e. The van der Waals surface area contributed by atoms with Gasteiger partial charge in [-0.1, -0.05) is 137 Å². The predicted molar refractivity (Wildman–Crippen MR) is 194 cm³/mol. The quantitative estimate of drug-likeness (QED) is 0.161. The van der Waals surface area contributed by atoms with Crippen molar-refractivity contribution < 1.29 is 0 Å². The minimum absolute atomic E-state index is 0.0649. The molecule has 0 saturated heterocycles. The molecule has 0 N–H and O–H groups in total. The van der Waals surface area contributed by atoms with Crippen LogP contribution >= 0.6 is 0 Å². The van der Waals surface area contributed by atoms with E-state index in [-0.39, 0.29) is 5.41 Å². The van der Waals surface area contributed by atoms with Gasteiger partial charge in [0.25, 0.3) is 0 Å². The molecule has 4 aromatic carbocycles. The molecule has 6 aromatic rings. The summed E-state index contributed by atoms with van der Waals surface area (Å²) in [6.07, 6.45) is 8.95. The van der Waals surface area contributed by atoms with Gasteiger partial charge in [-0.15, -0.1) is 0 Å². The summed E-state index contributed by atoms with van der Waals surface area (Å²) in [5.74, 6) is 1.76. The Morgan fingerprint density at radius 1 is 0.660 bits per heavy atom. The van der Waals surface area contributed by atoms with Gasteiger partial charge < -0.3 is 0 Å². The molecule has 47 heavy (non-hydrogen) atoms. The normalized spacial score (nSPS) is 13.6.